The van der Waals surface area contributed by atoms with Gasteiger partial charge in [0.1, 0.15) is 11.4 Å². The zero-order chi connectivity index (χ0) is 26.1. The van der Waals surface area contributed by atoms with Gasteiger partial charge in [-0.3, -0.25) is 9.78 Å². The lowest BCUT2D eigenvalue weighted by Gasteiger charge is -2.38. The first kappa shape index (κ1) is 24.3. The normalized spacial score (nSPS) is 16.7. The number of hydrogen-bond acceptors (Lipinski definition) is 9. The fourth-order valence-corrected chi connectivity index (χ4v) is 5.30. The van der Waals surface area contributed by atoms with Gasteiger partial charge in [0.2, 0.25) is 0 Å². The van der Waals surface area contributed by atoms with Crippen LogP contribution >= 0.6 is 0 Å². The number of ether oxygens (including phenoxy) is 3. The van der Waals surface area contributed by atoms with Crippen LogP contribution in [0.2, 0.25) is 0 Å². The molecule has 1 aromatic heterocycles. The van der Waals surface area contributed by atoms with E-state index in [-0.39, 0.29) is 5.43 Å². The maximum atomic E-state index is 13.7. The number of hydrogen-bond donors (Lipinski definition) is 1. The molecule has 1 N–H and O–H groups in total. The van der Waals surface area contributed by atoms with E-state index in [4.69, 9.17) is 14.2 Å². The van der Waals surface area contributed by atoms with Crippen LogP contribution in [0.25, 0.3) is 21.7 Å². The van der Waals surface area contributed by atoms with Gasteiger partial charge in [0.25, 0.3) is 0 Å². The van der Waals surface area contributed by atoms with Crippen LogP contribution in [0.5, 0.6) is 5.75 Å². The molecular weight excluding hydrogens is 484 g/mol. The van der Waals surface area contributed by atoms with Crippen LogP contribution in [-0.4, -0.2) is 44.2 Å². The largest absolute Gasteiger partial charge is 0.496 e. The summed E-state index contributed by atoms with van der Waals surface area (Å²) in [4.78, 5) is 31.5. The Morgan fingerprint density at radius 1 is 1.03 bits per heavy atom. The number of nitrogens with zero attached hydrogens (tertiary/aromatic N) is 3. The van der Waals surface area contributed by atoms with Gasteiger partial charge >= 0.3 is 0 Å². The SMILES string of the molecule is COc1cc(N=O)ccc1CNc1ccc2ccc3ncc(N4CCC5(CC4)OCCO5)cc3c(=O)c2c1. The van der Waals surface area contributed by atoms with Crippen molar-refractivity contribution in [1.82, 2.24) is 4.98 Å². The number of nitrogens with one attached hydrogen (secondary N) is 1. The van der Waals surface area contributed by atoms with E-state index in [1.54, 1.807) is 25.3 Å². The number of methoxy groups -OCH3 is 1. The highest BCUT2D eigenvalue weighted by Crippen LogP contribution is 2.33. The molecule has 6 rings (SSSR count). The number of rotatable bonds is 6. The fraction of sp³-hybridized carbons (Fsp3) is 0.310. The molecule has 38 heavy (non-hydrogen) atoms. The van der Waals surface area contributed by atoms with Crippen LogP contribution in [-0.2, 0) is 16.0 Å². The second-order valence-corrected chi connectivity index (χ2v) is 9.63. The number of aromatic nitrogens is 1. The molecule has 9 nitrogen and oxygen atoms in total. The number of anilines is 2. The predicted octanol–water partition coefficient (Wildman–Crippen LogP) is 5.11. The smallest absolute Gasteiger partial charge is 0.195 e. The first-order valence-corrected chi connectivity index (χ1v) is 12.7. The Morgan fingerprint density at radius 3 is 2.58 bits per heavy atom. The second-order valence-electron chi connectivity index (χ2n) is 9.63. The van der Waals surface area contributed by atoms with E-state index in [1.165, 1.54) is 0 Å². The van der Waals surface area contributed by atoms with Crippen molar-refractivity contribution in [3.63, 3.8) is 0 Å². The number of nitroso groups, excluding NO2 is 1. The van der Waals surface area contributed by atoms with Gasteiger partial charge in [-0.2, -0.15) is 0 Å². The van der Waals surface area contributed by atoms with Gasteiger partial charge in [0.15, 0.2) is 11.2 Å². The Hall–Kier alpha value is -4.08. The van der Waals surface area contributed by atoms with Gasteiger partial charge in [-0.05, 0) is 40.9 Å². The third-order valence-corrected chi connectivity index (χ3v) is 7.43. The lowest BCUT2D eigenvalue weighted by atomic mass is 10.0. The van der Waals surface area contributed by atoms with Crippen molar-refractivity contribution in [3.8, 4) is 5.75 Å². The first-order chi connectivity index (χ1) is 18.6. The number of fused-ring (bicyclic) bond motifs is 2. The van der Waals surface area contributed by atoms with Crippen molar-refractivity contribution in [2.45, 2.75) is 25.2 Å². The Morgan fingerprint density at radius 2 is 1.82 bits per heavy atom. The number of pyridine rings is 1. The monoisotopic (exact) mass is 512 g/mol. The molecule has 2 saturated heterocycles. The topological polar surface area (TPSA) is 102 Å². The van der Waals surface area contributed by atoms with E-state index in [9.17, 15) is 9.70 Å². The van der Waals surface area contributed by atoms with Crippen molar-refractivity contribution in [3.05, 3.63) is 81.5 Å². The molecule has 0 unspecified atom stereocenters. The van der Waals surface area contributed by atoms with Gasteiger partial charge in [-0.25, -0.2) is 0 Å². The Bertz CT molecular complexity index is 1580. The zero-order valence-corrected chi connectivity index (χ0v) is 21.1. The number of benzene rings is 2. The van der Waals surface area contributed by atoms with Crippen molar-refractivity contribution in [2.75, 3.05) is 43.6 Å². The summed E-state index contributed by atoms with van der Waals surface area (Å²) in [5.74, 6) is 0.124. The van der Waals surface area contributed by atoms with Crippen LogP contribution < -0.4 is 20.4 Å². The van der Waals surface area contributed by atoms with Crippen LogP contribution in [0, 0.1) is 4.91 Å². The third kappa shape index (κ3) is 4.55. The summed E-state index contributed by atoms with van der Waals surface area (Å²) in [6.45, 7) is 3.31. The molecule has 9 heteroatoms. The van der Waals surface area contributed by atoms with Crippen LogP contribution in [0.15, 0.2) is 70.8 Å². The van der Waals surface area contributed by atoms with Crippen LogP contribution in [0.3, 0.4) is 0 Å². The zero-order valence-electron chi connectivity index (χ0n) is 21.1. The molecule has 0 saturated carbocycles. The maximum absolute atomic E-state index is 13.7. The van der Waals surface area contributed by atoms with Gasteiger partial charge in [0.05, 0.1) is 43.1 Å². The minimum Gasteiger partial charge on any atom is -0.496 e. The molecule has 2 aliphatic heterocycles. The summed E-state index contributed by atoms with van der Waals surface area (Å²) in [6.07, 6.45) is 3.41. The van der Waals surface area contributed by atoms with E-state index in [0.717, 1.165) is 48.3 Å². The van der Waals surface area contributed by atoms with Gasteiger partial charge in [-0.15, -0.1) is 4.91 Å². The summed E-state index contributed by atoms with van der Waals surface area (Å²) in [5, 5.41) is 8.36. The van der Waals surface area contributed by atoms with E-state index in [0.29, 0.717) is 47.5 Å². The molecule has 0 amide bonds. The molecule has 2 aliphatic rings. The summed E-state index contributed by atoms with van der Waals surface area (Å²) in [5.41, 5.74) is 3.51. The standard InChI is InChI=1S/C29H28N4O5/c1-36-27-15-22(32-35)6-3-20(27)17-30-21-5-2-19-4-7-26-25(28(34)24(19)14-21)16-23(18-31-26)33-10-8-29(9-11-33)37-12-13-38-29/h2-7,14-16,18,30H,8-13,17H2,1H3. The predicted molar refractivity (Wildman–Crippen MR) is 147 cm³/mol. The summed E-state index contributed by atoms with van der Waals surface area (Å²) < 4.78 is 17.1. The summed E-state index contributed by atoms with van der Waals surface area (Å²) >= 11 is 0. The molecule has 2 fully saturated rings. The Kier molecular flexibility index (Phi) is 6.39. The Balaban J connectivity index is 1.29. The molecule has 0 atom stereocenters. The highest BCUT2D eigenvalue weighted by atomic mass is 16.7. The van der Waals surface area contributed by atoms with E-state index >= 15 is 0 Å². The highest BCUT2D eigenvalue weighted by molar-refractivity contribution is 5.94. The molecule has 1 spiro atoms. The third-order valence-electron chi connectivity index (χ3n) is 7.43. The number of piperidine rings is 1. The van der Waals surface area contributed by atoms with Crippen molar-refractivity contribution >= 4 is 38.7 Å². The summed E-state index contributed by atoms with van der Waals surface area (Å²) in [7, 11) is 1.55. The summed E-state index contributed by atoms with van der Waals surface area (Å²) in [6, 6.07) is 16.6. The van der Waals surface area contributed by atoms with Crippen molar-refractivity contribution in [2.24, 2.45) is 5.18 Å². The molecular formula is C29H28N4O5. The molecule has 3 aromatic carbocycles. The van der Waals surface area contributed by atoms with Gasteiger partial charge < -0.3 is 24.4 Å². The quantitative estimate of drug-likeness (QED) is 0.356. The average Bonchev–Trinajstić information content (AvgIpc) is 3.37. The highest BCUT2D eigenvalue weighted by Gasteiger charge is 2.39. The van der Waals surface area contributed by atoms with Crippen LogP contribution in [0.1, 0.15) is 18.4 Å². The fourth-order valence-electron chi connectivity index (χ4n) is 5.30. The lowest BCUT2D eigenvalue weighted by molar-refractivity contribution is -0.169. The minimum absolute atomic E-state index is 0.0621. The van der Waals surface area contributed by atoms with Crippen molar-refractivity contribution in [1.29, 1.82) is 0 Å². The molecule has 194 valence electrons. The Labute approximate surface area is 219 Å². The lowest BCUT2D eigenvalue weighted by Crippen LogP contribution is -2.45. The van der Waals surface area contributed by atoms with Crippen LogP contribution in [0.4, 0.5) is 17.1 Å². The van der Waals surface area contributed by atoms with E-state index in [2.05, 4.69) is 20.4 Å². The molecule has 0 radical (unpaired) electrons. The first-order valence-electron chi connectivity index (χ1n) is 12.7. The van der Waals surface area contributed by atoms with E-state index in [1.807, 2.05) is 42.6 Å². The van der Waals surface area contributed by atoms with Gasteiger partial charge in [0, 0.05) is 55.2 Å². The average molecular weight is 513 g/mol. The molecule has 3 heterocycles. The molecule has 0 bridgehead atoms. The molecule has 4 aromatic rings. The maximum Gasteiger partial charge on any atom is 0.195 e. The van der Waals surface area contributed by atoms with E-state index < -0.39 is 5.79 Å². The molecule has 0 aliphatic carbocycles. The van der Waals surface area contributed by atoms with Gasteiger partial charge in [-0.1, -0.05) is 18.2 Å². The van der Waals surface area contributed by atoms with Crippen molar-refractivity contribution < 1.29 is 14.2 Å². The minimum atomic E-state index is -0.450. The second kappa shape index (κ2) is 10.00.